The van der Waals surface area contributed by atoms with Gasteiger partial charge in [-0.15, -0.1) is 0 Å². The van der Waals surface area contributed by atoms with Crippen molar-refractivity contribution < 1.29 is 4.42 Å². The van der Waals surface area contributed by atoms with Crippen LogP contribution in [0.2, 0.25) is 0 Å². The lowest BCUT2D eigenvalue weighted by atomic mass is 9.97. The molecule has 2 rings (SSSR count). The van der Waals surface area contributed by atoms with Gasteiger partial charge >= 0.3 is 0 Å². The minimum atomic E-state index is 0.378. The summed E-state index contributed by atoms with van der Waals surface area (Å²) in [5.41, 5.74) is 1.30. The normalized spacial score (nSPS) is 27.4. The molecule has 3 nitrogen and oxygen atoms in total. The highest BCUT2D eigenvalue weighted by Crippen LogP contribution is 2.24. The molecule has 3 heteroatoms. The van der Waals surface area contributed by atoms with Gasteiger partial charge in [-0.2, -0.15) is 0 Å². The number of piperidine rings is 1. The van der Waals surface area contributed by atoms with Crippen LogP contribution in [-0.2, 0) is 0 Å². The van der Waals surface area contributed by atoms with E-state index in [9.17, 15) is 0 Å². The molecule has 3 atom stereocenters. The molecule has 1 N–H and O–H groups in total. The fraction of sp³-hybridized carbons (Fsp3) is 0.733. The molecule has 2 heterocycles. The Morgan fingerprint density at radius 2 is 2.17 bits per heavy atom. The summed E-state index contributed by atoms with van der Waals surface area (Å²) in [5, 5.41) is 3.75. The molecule has 1 aliphatic rings. The molecule has 0 aromatic carbocycles. The van der Waals surface area contributed by atoms with Gasteiger partial charge in [0.15, 0.2) is 0 Å². The van der Waals surface area contributed by atoms with Crippen molar-refractivity contribution in [3.8, 4) is 0 Å². The van der Waals surface area contributed by atoms with Crippen molar-refractivity contribution in [2.75, 3.05) is 13.6 Å². The standard InChI is InChI=1S/C15H26N2O/c1-10-8-14(6-7-17(10)5)16-12(3)15-9-11(2)18-13(15)4/h9-10,12,14,16H,6-8H2,1-5H3. The van der Waals surface area contributed by atoms with Crippen LogP contribution in [0, 0.1) is 13.8 Å². The van der Waals surface area contributed by atoms with Gasteiger partial charge < -0.3 is 14.6 Å². The maximum Gasteiger partial charge on any atom is 0.105 e. The van der Waals surface area contributed by atoms with E-state index in [0.717, 1.165) is 11.5 Å². The Morgan fingerprint density at radius 1 is 1.44 bits per heavy atom. The van der Waals surface area contributed by atoms with Crippen LogP contribution in [0.25, 0.3) is 0 Å². The molecule has 3 unspecified atom stereocenters. The van der Waals surface area contributed by atoms with E-state index in [0.29, 0.717) is 18.1 Å². The molecule has 18 heavy (non-hydrogen) atoms. The quantitative estimate of drug-likeness (QED) is 0.894. The average Bonchev–Trinajstić information content (AvgIpc) is 2.63. The van der Waals surface area contributed by atoms with Gasteiger partial charge in [-0.1, -0.05) is 0 Å². The minimum Gasteiger partial charge on any atom is -0.466 e. The highest BCUT2D eigenvalue weighted by Gasteiger charge is 2.24. The van der Waals surface area contributed by atoms with Crippen LogP contribution >= 0.6 is 0 Å². The van der Waals surface area contributed by atoms with Gasteiger partial charge in [-0.25, -0.2) is 0 Å². The first-order valence-corrected chi connectivity index (χ1v) is 7.00. The first-order valence-electron chi connectivity index (χ1n) is 7.00. The van der Waals surface area contributed by atoms with Gasteiger partial charge in [0, 0.05) is 23.7 Å². The molecular weight excluding hydrogens is 224 g/mol. The van der Waals surface area contributed by atoms with Crippen LogP contribution in [0.3, 0.4) is 0 Å². The third kappa shape index (κ3) is 2.96. The van der Waals surface area contributed by atoms with Gasteiger partial charge in [0.25, 0.3) is 0 Å². The maximum absolute atomic E-state index is 5.61. The Balaban J connectivity index is 1.95. The monoisotopic (exact) mass is 250 g/mol. The third-order valence-corrected chi connectivity index (χ3v) is 4.24. The molecule has 0 amide bonds. The fourth-order valence-electron chi connectivity index (χ4n) is 2.96. The predicted molar refractivity (Wildman–Crippen MR) is 74.8 cm³/mol. The van der Waals surface area contributed by atoms with Crippen LogP contribution in [0.1, 0.15) is 49.8 Å². The first kappa shape index (κ1) is 13.6. The SMILES string of the molecule is Cc1cc(C(C)NC2CCN(C)C(C)C2)c(C)o1. The Labute approximate surface area is 111 Å². The number of hydrogen-bond acceptors (Lipinski definition) is 3. The van der Waals surface area contributed by atoms with Crippen LogP contribution < -0.4 is 5.32 Å². The predicted octanol–water partition coefficient (Wildman–Crippen LogP) is 3.03. The van der Waals surface area contributed by atoms with Gasteiger partial charge in [0.1, 0.15) is 11.5 Å². The molecule has 0 saturated carbocycles. The Morgan fingerprint density at radius 3 is 2.72 bits per heavy atom. The van der Waals surface area contributed by atoms with Crippen molar-refractivity contribution >= 4 is 0 Å². The third-order valence-electron chi connectivity index (χ3n) is 4.24. The number of rotatable bonds is 3. The number of nitrogens with zero attached hydrogens (tertiary/aromatic N) is 1. The average molecular weight is 250 g/mol. The number of aryl methyl sites for hydroxylation is 2. The lowest BCUT2D eigenvalue weighted by molar-refractivity contribution is 0.163. The molecule has 102 valence electrons. The van der Waals surface area contributed by atoms with E-state index >= 15 is 0 Å². The van der Waals surface area contributed by atoms with Crippen molar-refractivity contribution in [1.82, 2.24) is 10.2 Å². The second-order valence-electron chi connectivity index (χ2n) is 5.81. The van der Waals surface area contributed by atoms with E-state index in [1.165, 1.54) is 24.9 Å². The minimum absolute atomic E-state index is 0.378. The summed E-state index contributed by atoms with van der Waals surface area (Å²) in [6.45, 7) is 9.81. The topological polar surface area (TPSA) is 28.4 Å². The summed E-state index contributed by atoms with van der Waals surface area (Å²) in [7, 11) is 2.22. The fourth-order valence-corrected chi connectivity index (χ4v) is 2.96. The van der Waals surface area contributed by atoms with Crippen LogP contribution in [0.5, 0.6) is 0 Å². The number of furan rings is 1. The summed E-state index contributed by atoms with van der Waals surface area (Å²) in [6.07, 6.45) is 2.47. The highest BCUT2D eigenvalue weighted by atomic mass is 16.3. The Kier molecular flexibility index (Phi) is 4.13. The summed E-state index contributed by atoms with van der Waals surface area (Å²) in [4.78, 5) is 2.44. The van der Waals surface area contributed by atoms with Crippen molar-refractivity contribution in [3.05, 3.63) is 23.2 Å². The van der Waals surface area contributed by atoms with Gasteiger partial charge in [-0.05, 0) is 60.2 Å². The largest absolute Gasteiger partial charge is 0.466 e. The van der Waals surface area contributed by atoms with E-state index in [4.69, 9.17) is 4.42 Å². The lowest BCUT2D eigenvalue weighted by Crippen LogP contribution is -2.46. The zero-order valence-corrected chi connectivity index (χ0v) is 12.3. The Hall–Kier alpha value is -0.800. The van der Waals surface area contributed by atoms with Crippen molar-refractivity contribution in [1.29, 1.82) is 0 Å². The number of likely N-dealkylation sites (tertiary alicyclic amines) is 1. The molecule has 1 fully saturated rings. The molecule has 1 aliphatic heterocycles. The van der Waals surface area contributed by atoms with E-state index in [-0.39, 0.29) is 0 Å². The summed E-state index contributed by atoms with van der Waals surface area (Å²) < 4.78 is 5.61. The van der Waals surface area contributed by atoms with Crippen molar-refractivity contribution in [3.63, 3.8) is 0 Å². The van der Waals surface area contributed by atoms with Crippen LogP contribution in [0.15, 0.2) is 10.5 Å². The molecule has 0 radical (unpaired) electrons. The van der Waals surface area contributed by atoms with Crippen LogP contribution in [0.4, 0.5) is 0 Å². The van der Waals surface area contributed by atoms with E-state index in [1.807, 2.05) is 6.92 Å². The molecule has 1 aromatic rings. The summed E-state index contributed by atoms with van der Waals surface area (Å²) >= 11 is 0. The van der Waals surface area contributed by atoms with Gasteiger partial charge in [-0.3, -0.25) is 0 Å². The molecular formula is C15H26N2O. The maximum atomic E-state index is 5.61. The second kappa shape index (κ2) is 5.45. The first-order chi connectivity index (χ1) is 8.47. The zero-order valence-electron chi connectivity index (χ0n) is 12.3. The molecule has 0 bridgehead atoms. The highest BCUT2D eigenvalue weighted by molar-refractivity contribution is 5.23. The van der Waals surface area contributed by atoms with Crippen molar-refractivity contribution in [2.45, 2.75) is 58.7 Å². The molecule has 0 spiro atoms. The smallest absolute Gasteiger partial charge is 0.105 e. The van der Waals surface area contributed by atoms with E-state index in [2.05, 4.69) is 44.1 Å². The van der Waals surface area contributed by atoms with E-state index in [1.54, 1.807) is 0 Å². The zero-order chi connectivity index (χ0) is 13.3. The lowest BCUT2D eigenvalue weighted by Gasteiger charge is -2.36. The second-order valence-corrected chi connectivity index (χ2v) is 5.81. The number of hydrogen-bond donors (Lipinski definition) is 1. The molecule has 0 aliphatic carbocycles. The van der Waals surface area contributed by atoms with Gasteiger partial charge in [0.05, 0.1) is 0 Å². The summed E-state index contributed by atoms with van der Waals surface area (Å²) in [5.74, 6) is 2.06. The number of nitrogens with one attached hydrogen (secondary N) is 1. The molecule has 1 saturated heterocycles. The van der Waals surface area contributed by atoms with Crippen molar-refractivity contribution in [2.24, 2.45) is 0 Å². The van der Waals surface area contributed by atoms with E-state index < -0.39 is 0 Å². The Bertz CT molecular complexity index is 399. The van der Waals surface area contributed by atoms with Gasteiger partial charge in [0.2, 0.25) is 0 Å². The molecule has 1 aromatic heterocycles. The summed E-state index contributed by atoms with van der Waals surface area (Å²) in [6, 6.07) is 3.84. The van der Waals surface area contributed by atoms with Crippen LogP contribution in [-0.4, -0.2) is 30.6 Å².